The lowest BCUT2D eigenvalue weighted by molar-refractivity contribution is 0.0955. The SMILES string of the molecule is COc1cccc(C[C@H](O)CO)c1. The zero-order valence-corrected chi connectivity index (χ0v) is 7.60. The van der Waals surface area contributed by atoms with E-state index in [-0.39, 0.29) is 6.61 Å². The van der Waals surface area contributed by atoms with Crippen LogP contribution >= 0.6 is 0 Å². The Labute approximate surface area is 77.6 Å². The highest BCUT2D eigenvalue weighted by Crippen LogP contribution is 2.13. The highest BCUT2D eigenvalue weighted by atomic mass is 16.5. The minimum absolute atomic E-state index is 0.211. The van der Waals surface area contributed by atoms with Gasteiger partial charge < -0.3 is 14.9 Å². The third-order valence-electron chi connectivity index (χ3n) is 1.82. The molecule has 0 amide bonds. The van der Waals surface area contributed by atoms with E-state index in [1.54, 1.807) is 7.11 Å². The minimum atomic E-state index is -0.688. The Morgan fingerprint density at radius 2 is 2.23 bits per heavy atom. The molecule has 0 aromatic heterocycles. The van der Waals surface area contributed by atoms with Gasteiger partial charge in [-0.25, -0.2) is 0 Å². The molecule has 2 N–H and O–H groups in total. The van der Waals surface area contributed by atoms with Crippen LogP contribution in [-0.4, -0.2) is 30.0 Å². The highest BCUT2D eigenvalue weighted by Gasteiger charge is 2.03. The van der Waals surface area contributed by atoms with E-state index in [1.807, 2.05) is 24.3 Å². The first-order chi connectivity index (χ1) is 6.26. The van der Waals surface area contributed by atoms with Gasteiger partial charge in [-0.1, -0.05) is 12.1 Å². The summed E-state index contributed by atoms with van der Waals surface area (Å²) >= 11 is 0. The van der Waals surface area contributed by atoms with E-state index in [0.29, 0.717) is 6.42 Å². The molecule has 1 aromatic carbocycles. The Hall–Kier alpha value is -1.06. The zero-order valence-electron chi connectivity index (χ0n) is 7.60. The molecule has 0 saturated heterocycles. The van der Waals surface area contributed by atoms with Crippen molar-refractivity contribution < 1.29 is 14.9 Å². The summed E-state index contributed by atoms with van der Waals surface area (Å²) in [6, 6.07) is 7.44. The van der Waals surface area contributed by atoms with Gasteiger partial charge in [0, 0.05) is 6.42 Å². The van der Waals surface area contributed by atoms with E-state index >= 15 is 0 Å². The first-order valence-electron chi connectivity index (χ1n) is 4.18. The number of rotatable bonds is 4. The largest absolute Gasteiger partial charge is 0.497 e. The molecule has 0 bridgehead atoms. The van der Waals surface area contributed by atoms with Gasteiger partial charge in [0.2, 0.25) is 0 Å². The maximum absolute atomic E-state index is 9.18. The maximum atomic E-state index is 9.18. The molecule has 0 aliphatic carbocycles. The monoisotopic (exact) mass is 182 g/mol. The van der Waals surface area contributed by atoms with Crippen molar-refractivity contribution in [3.8, 4) is 5.75 Å². The van der Waals surface area contributed by atoms with Crippen LogP contribution in [0.25, 0.3) is 0 Å². The summed E-state index contributed by atoms with van der Waals surface area (Å²) in [5.41, 5.74) is 0.959. The average molecular weight is 182 g/mol. The molecular formula is C10H14O3. The molecule has 1 rings (SSSR count). The lowest BCUT2D eigenvalue weighted by Gasteiger charge is -2.07. The first kappa shape index (κ1) is 10.0. The summed E-state index contributed by atoms with van der Waals surface area (Å²) in [7, 11) is 1.60. The molecule has 0 fully saturated rings. The predicted octanol–water partition coefficient (Wildman–Crippen LogP) is 0.591. The smallest absolute Gasteiger partial charge is 0.119 e. The quantitative estimate of drug-likeness (QED) is 0.716. The molecule has 0 saturated carbocycles. The van der Waals surface area contributed by atoms with Crippen LogP contribution in [0.4, 0.5) is 0 Å². The third-order valence-corrected chi connectivity index (χ3v) is 1.82. The lowest BCUT2D eigenvalue weighted by atomic mass is 10.1. The molecule has 0 aliphatic rings. The molecule has 0 aliphatic heterocycles. The van der Waals surface area contributed by atoms with Gasteiger partial charge >= 0.3 is 0 Å². The number of benzene rings is 1. The van der Waals surface area contributed by atoms with Gasteiger partial charge in [-0.3, -0.25) is 0 Å². The highest BCUT2D eigenvalue weighted by molar-refractivity contribution is 5.28. The number of aliphatic hydroxyl groups excluding tert-OH is 2. The van der Waals surface area contributed by atoms with Crippen molar-refractivity contribution in [1.82, 2.24) is 0 Å². The van der Waals surface area contributed by atoms with Crippen LogP contribution in [0.1, 0.15) is 5.56 Å². The van der Waals surface area contributed by atoms with Gasteiger partial charge in [0.15, 0.2) is 0 Å². The van der Waals surface area contributed by atoms with Crippen molar-refractivity contribution in [2.24, 2.45) is 0 Å². The van der Waals surface area contributed by atoms with Crippen LogP contribution in [0.5, 0.6) is 5.75 Å². The Morgan fingerprint density at radius 1 is 1.46 bits per heavy atom. The number of aliphatic hydroxyl groups is 2. The summed E-state index contributed by atoms with van der Waals surface area (Å²) in [5, 5.41) is 17.8. The molecule has 0 heterocycles. The van der Waals surface area contributed by atoms with Gasteiger partial charge in [0.05, 0.1) is 19.8 Å². The second-order valence-electron chi connectivity index (χ2n) is 2.89. The van der Waals surface area contributed by atoms with Crippen LogP contribution in [0.3, 0.4) is 0 Å². The summed E-state index contributed by atoms with van der Waals surface area (Å²) in [4.78, 5) is 0. The first-order valence-corrected chi connectivity index (χ1v) is 4.18. The molecule has 13 heavy (non-hydrogen) atoms. The molecule has 0 radical (unpaired) electrons. The van der Waals surface area contributed by atoms with Crippen molar-refractivity contribution >= 4 is 0 Å². The normalized spacial score (nSPS) is 12.5. The summed E-state index contributed by atoms with van der Waals surface area (Å²) in [6.07, 6.45) is -0.236. The Balaban J connectivity index is 2.66. The Kier molecular flexibility index (Phi) is 3.73. The number of methoxy groups -OCH3 is 1. The predicted molar refractivity (Wildman–Crippen MR) is 49.8 cm³/mol. The van der Waals surface area contributed by atoms with E-state index < -0.39 is 6.10 Å². The zero-order chi connectivity index (χ0) is 9.68. The van der Waals surface area contributed by atoms with Crippen molar-refractivity contribution in [1.29, 1.82) is 0 Å². The fourth-order valence-electron chi connectivity index (χ4n) is 1.14. The number of hydrogen-bond donors (Lipinski definition) is 2. The molecule has 0 unspecified atom stereocenters. The Morgan fingerprint density at radius 3 is 2.85 bits per heavy atom. The van der Waals surface area contributed by atoms with Gasteiger partial charge in [0.25, 0.3) is 0 Å². The standard InChI is InChI=1S/C10H14O3/c1-13-10-4-2-3-8(6-10)5-9(12)7-11/h2-4,6,9,11-12H,5,7H2,1H3/t9-/m0/s1. The van der Waals surface area contributed by atoms with Crippen LogP contribution in [0, 0.1) is 0 Å². The van der Waals surface area contributed by atoms with Crippen molar-refractivity contribution in [3.63, 3.8) is 0 Å². The van der Waals surface area contributed by atoms with Gasteiger partial charge in [-0.2, -0.15) is 0 Å². The van der Waals surface area contributed by atoms with E-state index in [4.69, 9.17) is 9.84 Å². The van der Waals surface area contributed by atoms with Gasteiger partial charge in [-0.05, 0) is 17.7 Å². The van der Waals surface area contributed by atoms with Gasteiger partial charge in [-0.15, -0.1) is 0 Å². The van der Waals surface area contributed by atoms with Crippen LogP contribution in [-0.2, 0) is 6.42 Å². The number of ether oxygens (including phenoxy) is 1. The molecule has 72 valence electrons. The topological polar surface area (TPSA) is 49.7 Å². The van der Waals surface area contributed by atoms with Crippen LogP contribution < -0.4 is 4.74 Å². The third kappa shape index (κ3) is 3.05. The molecule has 1 aromatic rings. The minimum Gasteiger partial charge on any atom is -0.497 e. The maximum Gasteiger partial charge on any atom is 0.119 e. The fourth-order valence-corrected chi connectivity index (χ4v) is 1.14. The Bertz CT molecular complexity index is 260. The average Bonchev–Trinajstić information content (AvgIpc) is 2.18. The van der Waals surface area contributed by atoms with Crippen molar-refractivity contribution in [2.45, 2.75) is 12.5 Å². The van der Waals surface area contributed by atoms with E-state index in [0.717, 1.165) is 11.3 Å². The lowest BCUT2D eigenvalue weighted by Crippen LogP contribution is -2.14. The molecule has 1 atom stereocenters. The van der Waals surface area contributed by atoms with E-state index in [1.165, 1.54) is 0 Å². The fraction of sp³-hybridized carbons (Fsp3) is 0.400. The summed E-state index contributed by atoms with van der Waals surface area (Å²) < 4.78 is 5.03. The summed E-state index contributed by atoms with van der Waals surface area (Å²) in [5.74, 6) is 0.766. The van der Waals surface area contributed by atoms with Crippen molar-refractivity contribution in [3.05, 3.63) is 29.8 Å². The molecule has 3 heteroatoms. The number of hydrogen-bond acceptors (Lipinski definition) is 3. The van der Waals surface area contributed by atoms with Gasteiger partial charge in [0.1, 0.15) is 5.75 Å². The van der Waals surface area contributed by atoms with E-state index in [2.05, 4.69) is 0 Å². The second-order valence-corrected chi connectivity index (χ2v) is 2.89. The summed E-state index contributed by atoms with van der Waals surface area (Å²) in [6.45, 7) is -0.211. The van der Waals surface area contributed by atoms with Crippen LogP contribution in [0.2, 0.25) is 0 Å². The van der Waals surface area contributed by atoms with E-state index in [9.17, 15) is 5.11 Å². The van der Waals surface area contributed by atoms with Crippen molar-refractivity contribution in [2.75, 3.05) is 13.7 Å². The molecular weight excluding hydrogens is 168 g/mol. The molecule has 3 nitrogen and oxygen atoms in total. The van der Waals surface area contributed by atoms with Crippen LogP contribution in [0.15, 0.2) is 24.3 Å². The molecule has 0 spiro atoms. The second kappa shape index (κ2) is 4.84.